The molecule has 11 heteroatoms. The predicted molar refractivity (Wildman–Crippen MR) is 172 cm³/mol. The average molecular weight is 618 g/mol. The number of anilines is 1. The van der Waals surface area contributed by atoms with Gasteiger partial charge in [0, 0.05) is 18.7 Å². The van der Waals surface area contributed by atoms with Crippen LogP contribution in [0.1, 0.15) is 106 Å². The number of rotatable bonds is 19. The zero-order valence-corrected chi connectivity index (χ0v) is 27.9. The number of ether oxygens (including phenoxy) is 1. The molecule has 1 aromatic rings. The van der Waals surface area contributed by atoms with Gasteiger partial charge in [0.1, 0.15) is 18.7 Å². The third kappa shape index (κ3) is 12.5. The fraction of sp³-hybridized carbons (Fsp3) is 0.667. The van der Waals surface area contributed by atoms with Crippen LogP contribution in [0.15, 0.2) is 24.3 Å². The summed E-state index contributed by atoms with van der Waals surface area (Å²) >= 11 is 0. The Labute approximate surface area is 263 Å². The monoisotopic (exact) mass is 617 g/mol. The molecule has 44 heavy (non-hydrogen) atoms. The quantitative estimate of drug-likeness (QED) is 0.110. The second-order valence-electron chi connectivity index (χ2n) is 12.5. The lowest BCUT2D eigenvalue weighted by atomic mass is 9.81. The van der Waals surface area contributed by atoms with Crippen molar-refractivity contribution in [3.63, 3.8) is 0 Å². The van der Waals surface area contributed by atoms with E-state index in [0.29, 0.717) is 31.4 Å². The highest BCUT2D eigenvalue weighted by Gasteiger charge is 2.32. The molecule has 0 fully saturated rings. The summed E-state index contributed by atoms with van der Waals surface area (Å²) in [6.45, 7) is 15.9. The molecule has 0 bridgehead atoms. The van der Waals surface area contributed by atoms with Crippen molar-refractivity contribution >= 4 is 35.4 Å². The molecular weight excluding hydrogens is 562 g/mol. The lowest BCUT2D eigenvalue weighted by Gasteiger charge is -2.29. The number of carbonyl (C=O) groups excluding carboxylic acids is 5. The summed E-state index contributed by atoms with van der Waals surface area (Å²) in [7, 11) is 0. The van der Waals surface area contributed by atoms with Crippen molar-refractivity contribution in [1.82, 2.24) is 16.0 Å². The summed E-state index contributed by atoms with van der Waals surface area (Å²) in [4.78, 5) is 63.2. The molecule has 2 unspecified atom stereocenters. The van der Waals surface area contributed by atoms with E-state index in [1.165, 1.54) is 0 Å². The minimum absolute atomic E-state index is 0.117. The molecule has 1 aromatic carbocycles. The Morgan fingerprint density at radius 2 is 1.45 bits per heavy atom. The van der Waals surface area contributed by atoms with E-state index < -0.39 is 35.3 Å². The Kier molecular flexibility index (Phi) is 15.9. The van der Waals surface area contributed by atoms with Crippen molar-refractivity contribution in [2.45, 2.75) is 119 Å². The van der Waals surface area contributed by atoms with Crippen LogP contribution < -0.4 is 27.0 Å². The molecule has 1 rings (SSSR count). The van der Waals surface area contributed by atoms with Gasteiger partial charge in [-0.05, 0) is 61.6 Å². The van der Waals surface area contributed by atoms with Crippen molar-refractivity contribution in [3.05, 3.63) is 29.8 Å². The molecule has 248 valence electrons. The zero-order valence-electron chi connectivity index (χ0n) is 27.9. The van der Waals surface area contributed by atoms with Gasteiger partial charge in [-0.25, -0.2) is 4.79 Å². The number of amides is 5. The number of carbonyl (C=O) groups is 5. The number of esters is 1. The average Bonchev–Trinajstić information content (AvgIpc) is 2.99. The molecular formula is C33H55N5O6. The first-order chi connectivity index (χ1) is 20.6. The fourth-order valence-corrected chi connectivity index (χ4v) is 4.47. The Morgan fingerprint density at radius 1 is 0.864 bits per heavy atom. The standard InChI is InChI=1S/C33H55N5O6/c1-9-32(7,10-2)20-26(39)38-27(22(5)6)29(41)37-25(14-13-19-35-31(34)43)28(40)36-24-17-15-23(16-18-24)21-44-30(42)33(8,11-3)12-4/h15-18,22,25,27H,9-14,19-21H2,1-8H3,(H,36,40)(H,37,41)(H,38,39)(H3,34,35,43). The number of urea groups is 1. The number of primary amides is 1. The smallest absolute Gasteiger partial charge is 0.312 e. The van der Waals surface area contributed by atoms with Crippen molar-refractivity contribution in [2.75, 3.05) is 11.9 Å². The number of benzene rings is 1. The molecule has 11 nitrogen and oxygen atoms in total. The Balaban J connectivity index is 2.97. The molecule has 5 amide bonds. The molecule has 2 atom stereocenters. The molecule has 0 saturated carbocycles. The number of nitrogens with two attached hydrogens (primary N) is 1. The highest BCUT2D eigenvalue weighted by Crippen LogP contribution is 2.30. The van der Waals surface area contributed by atoms with Gasteiger partial charge in [-0.2, -0.15) is 0 Å². The zero-order chi connectivity index (χ0) is 33.5. The van der Waals surface area contributed by atoms with E-state index in [-0.39, 0.29) is 42.8 Å². The molecule has 0 aliphatic rings. The second-order valence-corrected chi connectivity index (χ2v) is 12.5. The van der Waals surface area contributed by atoms with E-state index in [4.69, 9.17) is 10.5 Å². The van der Waals surface area contributed by atoms with Crippen LogP contribution in [0.4, 0.5) is 10.5 Å². The Bertz CT molecular complexity index is 1100. The minimum atomic E-state index is -0.937. The SMILES string of the molecule is CCC(C)(CC)CC(=O)NC(C(=O)NC(CCCNC(N)=O)C(=O)Nc1ccc(COC(=O)C(C)(CC)CC)cc1)C(C)C. The molecule has 0 heterocycles. The highest BCUT2D eigenvalue weighted by atomic mass is 16.5. The Hall–Kier alpha value is -3.63. The van der Waals surface area contributed by atoms with E-state index in [1.54, 1.807) is 24.3 Å². The van der Waals surface area contributed by atoms with Crippen molar-refractivity contribution in [2.24, 2.45) is 22.5 Å². The number of nitrogens with one attached hydrogen (secondary N) is 4. The Morgan fingerprint density at radius 3 is 1.95 bits per heavy atom. The highest BCUT2D eigenvalue weighted by molar-refractivity contribution is 5.98. The fourth-order valence-electron chi connectivity index (χ4n) is 4.47. The van der Waals surface area contributed by atoms with Crippen molar-refractivity contribution < 1.29 is 28.7 Å². The van der Waals surface area contributed by atoms with Gasteiger partial charge in [-0.3, -0.25) is 19.2 Å². The first-order valence-corrected chi connectivity index (χ1v) is 15.8. The summed E-state index contributed by atoms with van der Waals surface area (Å²) in [5.41, 5.74) is 5.73. The summed E-state index contributed by atoms with van der Waals surface area (Å²) < 4.78 is 5.52. The van der Waals surface area contributed by atoms with Crippen LogP contribution in [0.25, 0.3) is 0 Å². The van der Waals surface area contributed by atoms with Crippen LogP contribution in [0.3, 0.4) is 0 Å². The number of hydrogen-bond acceptors (Lipinski definition) is 6. The second kappa shape index (κ2) is 18.2. The van der Waals surface area contributed by atoms with E-state index in [9.17, 15) is 24.0 Å². The molecule has 6 N–H and O–H groups in total. The third-order valence-corrected chi connectivity index (χ3v) is 8.81. The van der Waals surface area contributed by atoms with Crippen LogP contribution in [0, 0.1) is 16.7 Å². The molecule has 0 spiro atoms. The van der Waals surface area contributed by atoms with E-state index >= 15 is 0 Å². The maximum Gasteiger partial charge on any atom is 0.312 e. The van der Waals surface area contributed by atoms with Gasteiger partial charge in [0.25, 0.3) is 0 Å². The molecule has 0 saturated heterocycles. The summed E-state index contributed by atoms with van der Waals surface area (Å²) in [6.07, 6.45) is 3.94. The van der Waals surface area contributed by atoms with E-state index in [1.807, 2.05) is 55.4 Å². The van der Waals surface area contributed by atoms with Gasteiger partial charge in [0.2, 0.25) is 17.7 Å². The molecule has 0 radical (unpaired) electrons. The first kappa shape index (κ1) is 38.4. The van der Waals surface area contributed by atoms with E-state index in [0.717, 1.165) is 18.4 Å². The first-order valence-electron chi connectivity index (χ1n) is 15.8. The van der Waals surface area contributed by atoms with Gasteiger partial charge >= 0.3 is 12.0 Å². The minimum Gasteiger partial charge on any atom is -0.460 e. The lowest BCUT2D eigenvalue weighted by molar-refractivity contribution is -0.156. The van der Waals surface area contributed by atoms with Crippen LogP contribution >= 0.6 is 0 Å². The number of hydrogen-bond donors (Lipinski definition) is 5. The maximum absolute atomic E-state index is 13.4. The maximum atomic E-state index is 13.4. The summed E-state index contributed by atoms with van der Waals surface area (Å²) in [6, 6.07) is 4.47. The van der Waals surface area contributed by atoms with E-state index in [2.05, 4.69) is 21.3 Å². The topological polar surface area (TPSA) is 169 Å². The van der Waals surface area contributed by atoms with Crippen molar-refractivity contribution in [1.29, 1.82) is 0 Å². The molecule has 0 aliphatic heterocycles. The molecule has 0 aromatic heterocycles. The van der Waals surface area contributed by atoms with Crippen LogP contribution in [0.2, 0.25) is 0 Å². The largest absolute Gasteiger partial charge is 0.460 e. The van der Waals surface area contributed by atoms with Gasteiger partial charge in [-0.1, -0.05) is 73.4 Å². The normalized spacial score (nSPS) is 13.0. The van der Waals surface area contributed by atoms with Crippen LogP contribution in [-0.4, -0.2) is 48.4 Å². The predicted octanol–water partition coefficient (Wildman–Crippen LogP) is 4.79. The lowest BCUT2D eigenvalue weighted by Crippen LogP contribution is -2.55. The van der Waals surface area contributed by atoms with Crippen LogP contribution in [-0.2, 0) is 30.5 Å². The van der Waals surface area contributed by atoms with Crippen molar-refractivity contribution in [3.8, 4) is 0 Å². The van der Waals surface area contributed by atoms with Gasteiger partial charge in [-0.15, -0.1) is 0 Å². The summed E-state index contributed by atoms with van der Waals surface area (Å²) in [5, 5.41) is 11.0. The third-order valence-electron chi connectivity index (χ3n) is 8.81. The van der Waals surface area contributed by atoms with Gasteiger partial charge in [0.05, 0.1) is 5.41 Å². The summed E-state index contributed by atoms with van der Waals surface area (Å²) in [5.74, 6) is -1.59. The van der Waals surface area contributed by atoms with Gasteiger partial charge in [0.15, 0.2) is 0 Å². The molecule has 0 aliphatic carbocycles. The van der Waals surface area contributed by atoms with Gasteiger partial charge < -0.3 is 31.7 Å². The van der Waals surface area contributed by atoms with Crippen LogP contribution in [0.5, 0.6) is 0 Å².